The first-order valence-corrected chi connectivity index (χ1v) is 6.09. The predicted octanol–water partition coefficient (Wildman–Crippen LogP) is 3.11. The van der Waals surface area contributed by atoms with Gasteiger partial charge in [-0.05, 0) is 40.2 Å². The van der Waals surface area contributed by atoms with E-state index in [1.54, 1.807) is 20.4 Å². The van der Waals surface area contributed by atoms with Crippen LogP contribution in [0.1, 0.15) is 0 Å². The Hall–Kier alpha value is -1.75. The van der Waals surface area contributed by atoms with Gasteiger partial charge >= 0.3 is 0 Å². The monoisotopic (exact) mass is 308 g/mol. The van der Waals surface area contributed by atoms with E-state index in [2.05, 4.69) is 20.9 Å². The Balaban J connectivity index is 2.66. The summed E-state index contributed by atoms with van der Waals surface area (Å²) >= 11 is 3.46. The standard InChI is InChI=1S/C13H13BrN2O2/c1-17-10-6-5-8(12(18-2)11(10)14)9-4-3-7-16-13(9)15/h3-7H,1-2H3,(H2,15,16). The van der Waals surface area contributed by atoms with Crippen molar-refractivity contribution >= 4 is 21.7 Å². The van der Waals surface area contributed by atoms with Gasteiger partial charge in [-0.15, -0.1) is 0 Å². The highest BCUT2D eigenvalue weighted by molar-refractivity contribution is 9.10. The van der Waals surface area contributed by atoms with Crippen LogP contribution in [0.2, 0.25) is 0 Å². The fourth-order valence-corrected chi connectivity index (χ4v) is 2.42. The molecule has 94 valence electrons. The highest BCUT2D eigenvalue weighted by Crippen LogP contribution is 2.42. The molecule has 1 aromatic carbocycles. The van der Waals surface area contributed by atoms with E-state index in [9.17, 15) is 0 Å². The van der Waals surface area contributed by atoms with Crippen LogP contribution < -0.4 is 15.2 Å². The number of nitrogens with two attached hydrogens (primary N) is 1. The number of nitrogen functional groups attached to an aromatic ring is 1. The highest BCUT2D eigenvalue weighted by Gasteiger charge is 2.15. The number of anilines is 1. The smallest absolute Gasteiger partial charge is 0.144 e. The number of hydrogen-bond acceptors (Lipinski definition) is 4. The molecule has 0 unspecified atom stereocenters. The van der Waals surface area contributed by atoms with E-state index in [1.165, 1.54) is 0 Å². The summed E-state index contributed by atoms with van der Waals surface area (Å²) in [7, 11) is 3.22. The second-order valence-electron chi connectivity index (χ2n) is 3.60. The third kappa shape index (κ3) is 2.13. The minimum absolute atomic E-state index is 0.466. The van der Waals surface area contributed by atoms with Crippen molar-refractivity contribution in [3.63, 3.8) is 0 Å². The Morgan fingerprint density at radius 2 is 1.89 bits per heavy atom. The quantitative estimate of drug-likeness (QED) is 0.946. The van der Waals surface area contributed by atoms with Crippen molar-refractivity contribution in [3.8, 4) is 22.6 Å². The molecule has 0 aliphatic rings. The summed E-state index contributed by atoms with van der Waals surface area (Å²) in [6.45, 7) is 0. The van der Waals surface area contributed by atoms with E-state index in [0.717, 1.165) is 15.6 Å². The van der Waals surface area contributed by atoms with Crippen molar-refractivity contribution in [1.82, 2.24) is 4.98 Å². The number of rotatable bonds is 3. The van der Waals surface area contributed by atoms with Gasteiger partial charge in [-0.25, -0.2) is 4.98 Å². The first-order valence-electron chi connectivity index (χ1n) is 5.30. The number of aromatic nitrogens is 1. The zero-order valence-corrected chi connectivity index (χ0v) is 11.7. The molecule has 0 saturated heterocycles. The molecular formula is C13H13BrN2O2. The third-order valence-corrected chi connectivity index (χ3v) is 3.37. The Kier molecular flexibility index (Phi) is 3.72. The highest BCUT2D eigenvalue weighted by atomic mass is 79.9. The SMILES string of the molecule is COc1ccc(-c2cccnc2N)c(OC)c1Br. The maximum atomic E-state index is 5.88. The number of methoxy groups -OCH3 is 2. The van der Waals surface area contributed by atoms with Crippen LogP contribution in [0.5, 0.6) is 11.5 Å². The van der Waals surface area contributed by atoms with E-state index in [1.807, 2.05) is 24.3 Å². The number of benzene rings is 1. The average Bonchev–Trinajstić information content (AvgIpc) is 2.39. The zero-order chi connectivity index (χ0) is 13.1. The molecule has 1 heterocycles. The lowest BCUT2D eigenvalue weighted by atomic mass is 10.1. The fourth-order valence-electron chi connectivity index (χ4n) is 1.75. The molecule has 0 saturated carbocycles. The third-order valence-electron chi connectivity index (χ3n) is 2.61. The van der Waals surface area contributed by atoms with Gasteiger partial charge in [0.1, 0.15) is 21.8 Å². The van der Waals surface area contributed by atoms with Gasteiger partial charge in [0.15, 0.2) is 0 Å². The topological polar surface area (TPSA) is 57.4 Å². The molecule has 5 heteroatoms. The molecule has 0 bridgehead atoms. The van der Waals surface area contributed by atoms with Crippen LogP contribution in [0.4, 0.5) is 5.82 Å². The van der Waals surface area contributed by atoms with Crippen LogP contribution in [0.25, 0.3) is 11.1 Å². The summed E-state index contributed by atoms with van der Waals surface area (Å²) in [4.78, 5) is 4.08. The molecule has 0 aliphatic carbocycles. The summed E-state index contributed by atoms with van der Waals surface area (Å²) < 4.78 is 11.4. The van der Waals surface area contributed by atoms with Gasteiger partial charge in [0, 0.05) is 17.3 Å². The molecule has 4 nitrogen and oxygen atoms in total. The second-order valence-corrected chi connectivity index (χ2v) is 4.39. The van der Waals surface area contributed by atoms with Crippen LogP contribution in [0, 0.1) is 0 Å². The number of hydrogen-bond donors (Lipinski definition) is 1. The van der Waals surface area contributed by atoms with Crippen molar-refractivity contribution in [2.24, 2.45) is 0 Å². The molecule has 0 aliphatic heterocycles. The van der Waals surface area contributed by atoms with Crippen molar-refractivity contribution < 1.29 is 9.47 Å². The largest absolute Gasteiger partial charge is 0.495 e. The fraction of sp³-hybridized carbons (Fsp3) is 0.154. The van der Waals surface area contributed by atoms with Crippen LogP contribution in [0.3, 0.4) is 0 Å². The molecule has 0 spiro atoms. The van der Waals surface area contributed by atoms with Gasteiger partial charge in [0.2, 0.25) is 0 Å². The lowest BCUT2D eigenvalue weighted by Crippen LogP contribution is -1.97. The minimum Gasteiger partial charge on any atom is -0.495 e. The van der Waals surface area contributed by atoms with E-state index < -0.39 is 0 Å². The maximum absolute atomic E-state index is 5.88. The molecule has 2 rings (SSSR count). The Morgan fingerprint density at radius 1 is 1.11 bits per heavy atom. The van der Waals surface area contributed by atoms with Gasteiger partial charge in [-0.3, -0.25) is 0 Å². The summed E-state index contributed by atoms with van der Waals surface area (Å²) in [5.41, 5.74) is 7.59. The molecule has 0 atom stereocenters. The lowest BCUT2D eigenvalue weighted by molar-refractivity contribution is 0.390. The minimum atomic E-state index is 0.466. The van der Waals surface area contributed by atoms with E-state index in [-0.39, 0.29) is 0 Å². The van der Waals surface area contributed by atoms with Gasteiger partial charge in [-0.1, -0.05) is 0 Å². The van der Waals surface area contributed by atoms with Crippen LogP contribution >= 0.6 is 15.9 Å². The molecule has 0 radical (unpaired) electrons. The predicted molar refractivity (Wildman–Crippen MR) is 74.9 cm³/mol. The Morgan fingerprint density at radius 3 is 2.50 bits per heavy atom. The van der Waals surface area contributed by atoms with Crippen LogP contribution in [-0.2, 0) is 0 Å². The van der Waals surface area contributed by atoms with E-state index in [0.29, 0.717) is 17.3 Å². The van der Waals surface area contributed by atoms with Gasteiger partial charge in [-0.2, -0.15) is 0 Å². The molecule has 2 N–H and O–H groups in total. The van der Waals surface area contributed by atoms with Gasteiger partial charge in [0.25, 0.3) is 0 Å². The van der Waals surface area contributed by atoms with Crippen molar-refractivity contribution in [1.29, 1.82) is 0 Å². The second kappa shape index (κ2) is 5.27. The lowest BCUT2D eigenvalue weighted by Gasteiger charge is -2.14. The maximum Gasteiger partial charge on any atom is 0.144 e. The molecular weight excluding hydrogens is 296 g/mol. The molecule has 18 heavy (non-hydrogen) atoms. The van der Waals surface area contributed by atoms with Crippen molar-refractivity contribution in [2.45, 2.75) is 0 Å². The van der Waals surface area contributed by atoms with Crippen molar-refractivity contribution in [3.05, 3.63) is 34.9 Å². The van der Waals surface area contributed by atoms with Crippen LogP contribution in [-0.4, -0.2) is 19.2 Å². The summed E-state index contributed by atoms with van der Waals surface area (Å²) in [5.74, 6) is 1.85. The van der Waals surface area contributed by atoms with Gasteiger partial charge < -0.3 is 15.2 Å². The summed E-state index contributed by atoms with van der Waals surface area (Å²) in [6, 6.07) is 7.49. The van der Waals surface area contributed by atoms with Crippen LogP contribution in [0.15, 0.2) is 34.9 Å². The molecule has 2 aromatic rings. The first-order chi connectivity index (χ1) is 8.69. The first kappa shape index (κ1) is 12.7. The zero-order valence-electron chi connectivity index (χ0n) is 10.1. The van der Waals surface area contributed by atoms with Crippen molar-refractivity contribution in [2.75, 3.05) is 20.0 Å². The summed E-state index contributed by atoms with van der Waals surface area (Å²) in [5, 5.41) is 0. The summed E-state index contributed by atoms with van der Waals surface area (Å²) in [6.07, 6.45) is 1.66. The Labute approximate surface area is 114 Å². The van der Waals surface area contributed by atoms with E-state index >= 15 is 0 Å². The van der Waals surface area contributed by atoms with E-state index in [4.69, 9.17) is 15.2 Å². The number of nitrogens with zero attached hydrogens (tertiary/aromatic N) is 1. The molecule has 1 aromatic heterocycles. The molecule has 0 fully saturated rings. The Bertz CT molecular complexity index is 573. The van der Waals surface area contributed by atoms with Gasteiger partial charge in [0.05, 0.1) is 14.2 Å². The average molecular weight is 309 g/mol. The number of pyridine rings is 1. The molecule has 0 amide bonds. The normalized spacial score (nSPS) is 10.2. The number of ether oxygens (including phenoxy) is 2. The number of halogens is 1.